The van der Waals surface area contributed by atoms with Crippen LogP contribution in [-0.2, 0) is 11.7 Å². The van der Waals surface area contributed by atoms with Gasteiger partial charge in [0.05, 0.1) is 24.4 Å². The van der Waals surface area contributed by atoms with Gasteiger partial charge >= 0.3 is 6.18 Å². The van der Waals surface area contributed by atoms with Crippen LogP contribution in [-0.4, -0.2) is 83.7 Å². The number of nitrogens with zero attached hydrogens (tertiary/aromatic N) is 8. The molecule has 2 aliphatic carbocycles. The summed E-state index contributed by atoms with van der Waals surface area (Å²) in [5.74, 6) is -0.635. The maximum Gasteiger partial charge on any atom is 0.433 e. The molecule has 45 heavy (non-hydrogen) atoms. The SMILES string of the molecule is CN(C(=O)c1cc(OC2CCC(N3CC(CC#N)(n4cc(-c5ncnc6[nH]ccc56)cn4)C3)CC2)nc(C(F)(F)F)c1)C1CC1. The summed E-state index contributed by atoms with van der Waals surface area (Å²) in [7, 11) is 1.61. The monoisotopic (exact) mass is 619 g/mol. The highest BCUT2D eigenvalue weighted by atomic mass is 19.4. The molecule has 0 atom stereocenters. The van der Waals surface area contributed by atoms with Crippen molar-refractivity contribution in [3.05, 3.63) is 54.4 Å². The number of H-pyrrole nitrogens is 1. The molecule has 11 nitrogen and oxygen atoms in total. The quantitative estimate of drug-likeness (QED) is 0.298. The first-order valence-corrected chi connectivity index (χ1v) is 15.1. The molecule has 0 radical (unpaired) electrons. The Morgan fingerprint density at radius 1 is 1.18 bits per heavy atom. The number of hydrogen-bond donors (Lipinski definition) is 1. The standard InChI is InChI=1S/C31H32F3N9O2/c1-41(21-2-3-21)29(44)19-12-25(31(32,33)34)40-26(13-19)45-23-6-4-22(5-7-23)42-16-30(17-42,9-10-35)43-15-20(14-39-43)27-24-8-11-36-28(24)38-18-37-27/h8,11-15,18,21-23H,2-7,9,16-17H2,1H3,(H,36,37,38). The fourth-order valence-electron chi connectivity index (χ4n) is 6.62. The van der Waals surface area contributed by atoms with Crippen molar-refractivity contribution in [3.8, 4) is 23.2 Å². The minimum Gasteiger partial charge on any atom is -0.474 e. The van der Waals surface area contributed by atoms with Gasteiger partial charge < -0.3 is 14.6 Å². The second-order valence-corrected chi connectivity index (χ2v) is 12.4. The van der Waals surface area contributed by atoms with E-state index in [1.54, 1.807) is 13.2 Å². The summed E-state index contributed by atoms with van der Waals surface area (Å²) >= 11 is 0. The average molecular weight is 620 g/mol. The van der Waals surface area contributed by atoms with Crippen LogP contribution in [0.2, 0.25) is 0 Å². The molecule has 4 aromatic heterocycles. The van der Waals surface area contributed by atoms with Gasteiger partial charge in [-0.05, 0) is 50.7 Å². The van der Waals surface area contributed by atoms with E-state index < -0.39 is 23.3 Å². The highest BCUT2D eigenvalue weighted by Gasteiger charge is 2.48. The second kappa shape index (κ2) is 11.1. The summed E-state index contributed by atoms with van der Waals surface area (Å²) < 4.78 is 48.8. The Morgan fingerprint density at radius 3 is 2.67 bits per heavy atom. The van der Waals surface area contributed by atoms with Gasteiger partial charge in [0.1, 0.15) is 29.3 Å². The van der Waals surface area contributed by atoms with E-state index in [-0.39, 0.29) is 29.6 Å². The Balaban J connectivity index is 0.996. The number of hydrogen-bond acceptors (Lipinski definition) is 8. The van der Waals surface area contributed by atoms with E-state index in [0.717, 1.165) is 54.0 Å². The fraction of sp³-hybridized carbons (Fsp3) is 0.484. The maximum atomic E-state index is 13.6. The summed E-state index contributed by atoms with van der Waals surface area (Å²) in [5, 5.41) is 15.2. The van der Waals surface area contributed by atoms with Crippen LogP contribution < -0.4 is 4.74 Å². The molecule has 1 aliphatic heterocycles. The van der Waals surface area contributed by atoms with Gasteiger partial charge in [-0.15, -0.1) is 0 Å². The number of likely N-dealkylation sites (tertiary alicyclic amines) is 1. The molecule has 0 aromatic carbocycles. The summed E-state index contributed by atoms with van der Waals surface area (Å²) in [5.41, 5.74) is 0.716. The molecular weight excluding hydrogens is 587 g/mol. The number of pyridine rings is 1. The third-order valence-corrected chi connectivity index (χ3v) is 9.30. The lowest BCUT2D eigenvalue weighted by atomic mass is 9.82. The van der Waals surface area contributed by atoms with Gasteiger partial charge in [-0.3, -0.25) is 14.4 Å². The topological polar surface area (TPSA) is 129 Å². The van der Waals surface area contributed by atoms with Gasteiger partial charge in [0.25, 0.3) is 5.91 Å². The molecule has 2 saturated carbocycles. The van der Waals surface area contributed by atoms with Gasteiger partial charge in [-0.1, -0.05) is 0 Å². The number of aromatic nitrogens is 6. The molecule has 7 rings (SSSR count). The number of aromatic amines is 1. The molecule has 0 spiro atoms. The predicted molar refractivity (Wildman–Crippen MR) is 156 cm³/mol. The van der Waals surface area contributed by atoms with E-state index in [0.29, 0.717) is 32.4 Å². The van der Waals surface area contributed by atoms with Crippen LogP contribution in [0.25, 0.3) is 22.3 Å². The summed E-state index contributed by atoms with van der Waals surface area (Å²) in [6.45, 7) is 1.33. The smallest absolute Gasteiger partial charge is 0.433 e. The van der Waals surface area contributed by atoms with E-state index in [9.17, 15) is 23.2 Å². The largest absolute Gasteiger partial charge is 0.474 e. The number of halogens is 3. The zero-order chi connectivity index (χ0) is 31.3. The average Bonchev–Trinajstić information content (AvgIpc) is 3.53. The van der Waals surface area contributed by atoms with Crippen molar-refractivity contribution in [1.82, 2.24) is 39.5 Å². The van der Waals surface area contributed by atoms with Gasteiger partial charge in [-0.25, -0.2) is 15.0 Å². The Labute approximate surface area is 257 Å². The molecule has 0 bridgehead atoms. The van der Waals surface area contributed by atoms with E-state index in [1.807, 2.05) is 23.1 Å². The Bertz CT molecular complexity index is 1760. The Hall–Kier alpha value is -4.51. The molecule has 5 heterocycles. The molecule has 0 unspecified atom stereocenters. The molecule has 1 saturated heterocycles. The van der Waals surface area contributed by atoms with Gasteiger partial charge in [-0.2, -0.15) is 23.5 Å². The zero-order valence-electron chi connectivity index (χ0n) is 24.7. The number of carbonyl (C=O) groups excluding carboxylic acids is 1. The maximum absolute atomic E-state index is 13.6. The molecule has 3 aliphatic rings. The van der Waals surface area contributed by atoms with Gasteiger partial charge in [0, 0.05) is 67.2 Å². The first-order chi connectivity index (χ1) is 21.6. The minimum absolute atomic E-state index is 0.0659. The van der Waals surface area contributed by atoms with Crippen LogP contribution >= 0.6 is 0 Å². The normalized spacial score (nSPS) is 21.7. The zero-order valence-corrected chi connectivity index (χ0v) is 24.7. The van der Waals surface area contributed by atoms with Crippen molar-refractivity contribution in [2.24, 2.45) is 0 Å². The van der Waals surface area contributed by atoms with Crippen LogP contribution in [0.1, 0.15) is 61.0 Å². The first kappa shape index (κ1) is 29.2. The third-order valence-electron chi connectivity index (χ3n) is 9.30. The molecular formula is C31H32F3N9O2. The lowest BCUT2D eigenvalue weighted by Gasteiger charge is -2.53. The fourth-order valence-corrected chi connectivity index (χ4v) is 6.62. The van der Waals surface area contributed by atoms with E-state index in [1.165, 1.54) is 17.3 Å². The summed E-state index contributed by atoms with van der Waals surface area (Å²) in [4.78, 5) is 32.2. The van der Waals surface area contributed by atoms with E-state index in [4.69, 9.17) is 4.74 Å². The molecule has 4 aromatic rings. The van der Waals surface area contributed by atoms with E-state index in [2.05, 4.69) is 36.0 Å². The number of nitrogens with one attached hydrogen (secondary N) is 1. The number of carbonyl (C=O) groups is 1. The van der Waals surface area contributed by atoms with Gasteiger partial charge in [0.15, 0.2) is 0 Å². The van der Waals surface area contributed by atoms with Crippen LogP contribution in [0.3, 0.4) is 0 Å². The van der Waals surface area contributed by atoms with Crippen LogP contribution in [0, 0.1) is 11.3 Å². The number of nitriles is 1. The minimum atomic E-state index is -4.70. The van der Waals surface area contributed by atoms with Crippen molar-refractivity contribution >= 4 is 16.9 Å². The number of amides is 1. The Morgan fingerprint density at radius 2 is 1.96 bits per heavy atom. The lowest BCUT2D eigenvalue weighted by Crippen LogP contribution is -2.65. The molecule has 234 valence electrons. The van der Waals surface area contributed by atoms with Crippen molar-refractivity contribution in [2.75, 3.05) is 20.1 Å². The second-order valence-electron chi connectivity index (χ2n) is 12.4. The lowest BCUT2D eigenvalue weighted by molar-refractivity contribution is -0.141. The van der Waals surface area contributed by atoms with Crippen molar-refractivity contribution in [3.63, 3.8) is 0 Å². The van der Waals surface area contributed by atoms with Crippen LogP contribution in [0.5, 0.6) is 5.88 Å². The van der Waals surface area contributed by atoms with E-state index >= 15 is 0 Å². The summed E-state index contributed by atoms with van der Waals surface area (Å²) in [6, 6.07) is 6.71. The number of ether oxygens (including phenoxy) is 1. The number of rotatable bonds is 8. The Kier molecular flexibility index (Phi) is 7.23. The van der Waals surface area contributed by atoms with Gasteiger partial charge in [0.2, 0.25) is 5.88 Å². The predicted octanol–water partition coefficient (Wildman–Crippen LogP) is 4.78. The van der Waals surface area contributed by atoms with Crippen molar-refractivity contribution in [1.29, 1.82) is 5.26 Å². The molecule has 3 fully saturated rings. The molecule has 1 N–H and O–H groups in total. The van der Waals surface area contributed by atoms with Crippen molar-refractivity contribution in [2.45, 2.75) is 74.8 Å². The first-order valence-electron chi connectivity index (χ1n) is 15.1. The number of fused-ring (bicyclic) bond motifs is 1. The molecule has 1 amide bonds. The number of alkyl halides is 3. The molecule has 14 heteroatoms. The van der Waals surface area contributed by atoms with Crippen molar-refractivity contribution < 1.29 is 22.7 Å². The van der Waals surface area contributed by atoms with Crippen LogP contribution in [0.4, 0.5) is 13.2 Å². The summed E-state index contributed by atoms with van der Waals surface area (Å²) in [6.07, 6.45) is 6.91. The van der Waals surface area contributed by atoms with Crippen LogP contribution in [0.15, 0.2) is 43.1 Å². The highest BCUT2D eigenvalue weighted by molar-refractivity contribution is 5.95. The third kappa shape index (κ3) is 5.61. The highest BCUT2D eigenvalue weighted by Crippen LogP contribution is 2.39.